The van der Waals surface area contributed by atoms with Crippen LogP contribution in [0.2, 0.25) is 0 Å². The summed E-state index contributed by atoms with van der Waals surface area (Å²) in [6, 6.07) is 47.0. The molecule has 5 heteroatoms. The lowest BCUT2D eigenvalue weighted by Crippen LogP contribution is -2.00. The summed E-state index contributed by atoms with van der Waals surface area (Å²) in [5.41, 5.74) is 8.32. The zero-order valence-corrected chi connectivity index (χ0v) is 23.4. The molecule has 0 saturated carbocycles. The van der Waals surface area contributed by atoms with Crippen LogP contribution in [0.3, 0.4) is 0 Å². The maximum atomic E-state index is 6.41. The number of hydrogen-bond acceptors (Lipinski definition) is 5. The zero-order valence-electron chi connectivity index (χ0n) is 23.4. The molecule has 44 heavy (non-hydrogen) atoms. The van der Waals surface area contributed by atoms with Gasteiger partial charge in [0.1, 0.15) is 22.3 Å². The Bertz CT molecular complexity index is 2440. The van der Waals surface area contributed by atoms with Crippen molar-refractivity contribution in [3.8, 4) is 45.3 Å². The first-order valence-corrected chi connectivity index (χ1v) is 14.5. The molecule has 0 aliphatic carbocycles. The molecule has 0 atom stereocenters. The molecule has 0 fully saturated rings. The maximum absolute atomic E-state index is 6.41. The molecule has 0 aliphatic heterocycles. The number of rotatable bonds is 4. The number of furan rings is 2. The minimum absolute atomic E-state index is 0.624. The summed E-state index contributed by atoms with van der Waals surface area (Å²) in [6.45, 7) is 0. The highest BCUT2D eigenvalue weighted by Crippen LogP contribution is 2.38. The van der Waals surface area contributed by atoms with E-state index in [2.05, 4.69) is 48.5 Å². The fourth-order valence-corrected chi connectivity index (χ4v) is 5.95. The van der Waals surface area contributed by atoms with Crippen molar-refractivity contribution in [1.29, 1.82) is 0 Å². The minimum atomic E-state index is 0.624. The van der Waals surface area contributed by atoms with E-state index in [1.807, 2.05) is 91.0 Å². The number of nitrogens with zero attached hydrogens (tertiary/aromatic N) is 3. The number of para-hydroxylation sites is 1. The third-order valence-corrected chi connectivity index (χ3v) is 8.12. The Labute approximate surface area is 252 Å². The van der Waals surface area contributed by atoms with E-state index in [1.54, 1.807) is 0 Å². The first-order valence-electron chi connectivity index (χ1n) is 14.5. The Morgan fingerprint density at radius 2 is 0.773 bits per heavy atom. The minimum Gasteiger partial charge on any atom is -0.456 e. The second-order valence-electron chi connectivity index (χ2n) is 10.9. The van der Waals surface area contributed by atoms with Crippen LogP contribution in [0.25, 0.3) is 89.2 Å². The van der Waals surface area contributed by atoms with Crippen LogP contribution in [0.15, 0.2) is 148 Å². The molecule has 0 N–H and O–H groups in total. The molecule has 0 unspecified atom stereocenters. The molecule has 0 aliphatic rings. The van der Waals surface area contributed by atoms with E-state index in [4.69, 9.17) is 23.8 Å². The van der Waals surface area contributed by atoms with Crippen molar-refractivity contribution < 1.29 is 8.83 Å². The predicted octanol–water partition coefficient (Wildman–Crippen LogP) is 10.3. The molecule has 5 nitrogen and oxygen atoms in total. The van der Waals surface area contributed by atoms with Crippen LogP contribution in [0, 0.1) is 0 Å². The number of benzene rings is 6. The van der Waals surface area contributed by atoms with Gasteiger partial charge in [0.15, 0.2) is 17.5 Å². The molecule has 3 heterocycles. The van der Waals surface area contributed by atoms with Gasteiger partial charge in [0, 0.05) is 38.2 Å². The molecule has 0 amide bonds. The molecule has 206 valence electrons. The number of fused-ring (bicyclic) bond motifs is 6. The van der Waals surface area contributed by atoms with Crippen molar-refractivity contribution in [1.82, 2.24) is 15.0 Å². The van der Waals surface area contributed by atoms with Gasteiger partial charge in [-0.15, -0.1) is 0 Å². The lowest BCUT2D eigenvalue weighted by Gasteiger charge is -2.09. The van der Waals surface area contributed by atoms with Gasteiger partial charge in [-0.05, 0) is 47.5 Å². The number of aromatic nitrogens is 3. The van der Waals surface area contributed by atoms with Crippen molar-refractivity contribution >= 4 is 43.9 Å². The summed E-state index contributed by atoms with van der Waals surface area (Å²) in [5.74, 6) is 1.91. The molecular weight excluding hydrogens is 542 g/mol. The smallest absolute Gasteiger partial charge is 0.164 e. The van der Waals surface area contributed by atoms with Crippen molar-refractivity contribution in [2.24, 2.45) is 0 Å². The summed E-state index contributed by atoms with van der Waals surface area (Å²) < 4.78 is 12.6. The van der Waals surface area contributed by atoms with E-state index >= 15 is 0 Å². The summed E-state index contributed by atoms with van der Waals surface area (Å²) in [7, 11) is 0. The number of hydrogen-bond donors (Lipinski definition) is 0. The monoisotopic (exact) mass is 565 g/mol. The van der Waals surface area contributed by atoms with Crippen LogP contribution in [-0.2, 0) is 0 Å². The van der Waals surface area contributed by atoms with Crippen LogP contribution in [0.4, 0.5) is 0 Å². The predicted molar refractivity (Wildman–Crippen MR) is 176 cm³/mol. The van der Waals surface area contributed by atoms with Crippen LogP contribution < -0.4 is 0 Å². The summed E-state index contributed by atoms with van der Waals surface area (Å²) >= 11 is 0. The molecule has 6 aromatic carbocycles. The van der Waals surface area contributed by atoms with Gasteiger partial charge < -0.3 is 8.83 Å². The lowest BCUT2D eigenvalue weighted by molar-refractivity contribution is 0.664. The molecule has 0 spiro atoms. The SMILES string of the molecule is c1ccc(-c2nc(-c3ccccc3)nc(-c3cccc(-c4ccc5c(c4)oc4cc6c(cc45)oc4ccccc46)c3)n2)cc1. The highest BCUT2D eigenvalue weighted by atomic mass is 16.3. The standard InChI is InChI=1S/C39H23N3O2/c1-3-10-24(11-4-1)37-40-38(25-12-5-2-6-13-25)42-39(41-37)28-15-9-14-26(20-28)27-18-19-30-32-23-35-31(22-36(32)44-34(30)21-27)29-16-7-8-17-33(29)43-35/h1-23H. The summed E-state index contributed by atoms with van der Waals surface area (Å²) in [4.78, 5) is 14.6. The summed E-state index contributed by atoms with van der Waals surface area (Å²) in [5, 5.41) is 4.24. The van der Waals surface area contributed by atoms with Crippen LogP contribution in [0.5, 0.6) is 0 Å². The highest BCUT2D eigenvalue weighted by Gasteiger charge is 2.15. The van der Waals surface area contributed by atoms with Gasteiger partial charge in [-0.25, -0.2) is 15.0 Å². The third-order valence-electron chi connectivity index (χ3n) is 8.12. The van der Waals surface area contributed by atoms with E-state index in [9.17, 15) is 0 Å². The van der Waals surface area contributed by atoms with Crippen molar-refractivity contribution in [2.45, 2.75) is 0 Å². The average Bonchev–Trinajstić information content (AvgIpc) is 3.64. The Balaban J connectivity index is 1.15. The Morgan fingerprint density at radius 3 is 1.45 bits per heavy atom. The summed E-state index contributed by atoms with van der Waals surface area (Å²) in [6.07, 6.45) is 0. The molecule has 9 rings (SSSR count). The second kappa shape index (κ2) is 9.75. The first-order chi connectivity index (χ1) is 21.8. The maximum Gasteiger partial charge on any atom is 0.164 e. The normalized spacial score (nSPS) is 11.6. The fraction of sp³-hybridized carbons (Fsp3) is 0. The van der Waals surface area contributed by atoms with Gasteiger partial charge in [-0.2, -0.15) is 0 Å². The zero-order chi connectivity index (χ0) is 29.0. The van der Waals surface area contributed by atoms with E-state index < -0.39 is 0 Å². The van der Waals surface area contributed by atoms with Crippen LogP contribution >= 0.6 is 0 Å². The molecule has 0 bridgehead atoms. The fourth-order valence-electron chi connectivity index (χ4n) is 5.95. The molecular formula is C39H23N3O2. The van der Waals surface area contributed by atoms with E-state index in [-0.39, 0.29) is 0 Å². The Hall–Kier alpha value is -6.07. The van der Waals surface area contributed by atoms with Crippen molar-refractivity contribution in [2.75, 3.05) is 0 Å². The molecule has 0 radical (unpaired) electrons. The third kappa shape index (κ3) is 4.06. The topological polar surface area (TPSA) is 65.0 Å². The largest absolute Gasteiger partial charge is 0.456 e. The quantitative estimate of drug-likeness (QED) is 0.212. The lowest BCUT2D eigenvalue weighted by atomic mass is 10.0. The van der Waals surface area contributed by atoms with Gasteiger partial charge in [0.25, 0.3) is 0 Å². The van der Waals surface area contributed by atoms with Crippen LogP contribution in [0.1, 0.15) is 0 Å². The van der Waals surface area contributed by atoms with Gasteiger partial charge in [-0.1, -0.05) is 103 Å². The average molecular weight is 566 g/mol. The Kier molecular flexibility index (Phi) is 5.43. The molecule has 9 aromatic rings. The van der Waals surface area contributed by atoms with E-state index in [0.29, 0.717) is 17.5 Å². The van der Waals surface area contributed by atoms with Crippen LogP contribution in [-0.4, -0.2) is 15.0 Å². The van der Waals surface area contributed by atoms with Crippen molar-refractivity contribution in [3.05, 3.63) is 140 Å². The van der Waals surface area contributed by atoms with Gasteiger partial charge in [0.05, 0.1) is 0 Å². The van der Waals surface area contributed by atoms with E-state index in [1.165, 1.54) is 0 Å². The second-order valence-corrected chi connectivity index (χ2v) is 10.9. The van der Waals surface area contributed by atoms with Gasteiger partial charge in [0.2, 0.25) is 0 Å². The molecule has 0 saturated heterocycles. The van der Waals surface area contributed by atoms with Gasteiger partial charge in [-0.3, -0.25) is 0 Å². The Morgan fingerprint density at radius 1 is 0.295 bits per heavy atom. The van der Waals surface area contributed by atoms with E-state index in [0.717, 1.165) is 71.7 Å². The molecule has 3 aromatic heterocycles. The highest BCUT2D eigenvalue weighted by molar-refractivity contribution is 6.15. The van der Waals surface area contributed by atoms with Gasteiger partial charge >= 0.3 is 0 Å². The first kappa shape index (κ1) is 24.5. The van der Waals surface area contributed by atoms with Crippen molar-refractivity contribution in [3.63, 3.8) is 0 Å².